The van der Waals surface area contributed by atoms with Crippen LogP contribution in [-0.2, 0) is 9.59 Å². The van der Waals surface area contributed by atoms with Crippen molar-refractivity contribution in [1.29, 1.82) is 0 Å². The van der Waals surface area contributed by atoms with E-state index in [1.165, 1.54) is 6.92 Å². The van der Waals surface area contributed by atoms with Crippen LogP contribution in [0.15, 0.2) is 12.4 Å². The SMILES string of the molecule is CC(=O)NCC(=O)N1CC[C@@H](Oc2ncc(F)cn2)C1. The van der Waals surface area contributed by atoms with E-state index in [1.807, 2.05) is 0 Å². The lowest BCUT2D eigenvalue weighted by atomic mass is 10.3. The van der Waals surface area contributed by atoms with E-state index in [2.05, 4.69) is 15.3 Å². The molecule has 1 N–H and O–H groups in total. The summed E-state index contributed by atoms with van der Waals surface area (Å²) in [6.45, 7) is 2.29. The van der Waals surface area contributed by atoms with Crippen LogP contribution in [-0.4, -0.2) is 52.4 Å². The first-order valence-corrected chi connectivity index (χ1v) is 6.21. The second-order valence-electron chi connectivity index (χ2n) is 4.46. The standard InChI is InChI=1S/C12H15FN4O3/c1-8(18)14-6-11(19)17-3-2-10(7-17)20-12-15-4-9(13)5-16-12/h4-5,10H,2-3,6-7H2,1H3,(H,14,18)/t10-/m1/s1. The molecule has 8 heteroatoms. The van der Waals surface area contributed by atoms with Crippen molar-refractivity contribution < 1.29 is 18.7 Å². The Morgan fingerprint density at radius 2 is 2.20 bits per heavy atom. The molecule has 0 bridgehead atoms. The maximum atomic E-state index is 12.7. The van der Waals surface area contributed by atoms with Crippen LogP contribution in [0, 0.1) is 5.82 Å². The van der Waals surface area contributed by atoms with Crippen molar-refractivity contribution in [3.05, 3.63) is 18.2 Å². The smallest absolute Gasteiger partial charge is 0.316 e. The lowest BCUT2D eigenvalue weighted by Crippen LogP contribution is -2.39. The van der Waals surface area contributed by atoms with E-state index in [-0.39, 0.29) is 30.5 Å². The molecule has 1 fully saturated rings. The van der Waals surface area contributed by atoms with Crippen molar-refractivity contribution in [1.82, 2.24) is 20.2 Å². The van der Waals surface area contributed by atoms with Crippen molar-refractivity contribution in [2.75, 3.05) is 19.6 Å². The molecule has 2 rings (SSSR count). The Kier molecular flexibility index (Phi) is 4.44. The minimum Gasteiger partial charge on any atom is -0.458 e. The zero-order valence-electron chi connectivity index (χ0n) is 11.0. The summed E-state index contributed by atoms with van der Waals surface area (Å²) in [7, 11) is 0. The van der Waals surface area contributed by atoms with Crippen LogP contribution in [0.25, 0.3) is 0 Å². The van der Waals surface area contributed by atoms with Gasteiger partial charge in [-0.1, -0.05) is 0 Å². The van der Waals surface area contributed by atoms with Gasteiger partial charge < -0.3 is 15.0 Å². The number of ether oxygens (including phenoxy) is 1. The van der Waals surface area contributed by atoms with Gasteiger partial charge in [-0.2, -0.15) is 0 Å². The molecule has 108 valence electrons. The largest absolute Gasteiger partial charge is 0.458 e. The molecule has 0 aliphatic carbocycles. The number of hydrogen-bond acceptors (Lipinski definition) is 5. The van der Waals surface area contributed by atoms with E-state index in [1.54, 1.807) is 4.90 Å². The number of aromatic nitrogens is 2. The van der Waals surface area contributed by atoms with Crippen LogP contribution in [0.4, 0.5) is 4.39 Å². The Balaban J connectivity index is 1.81. The fourth-order valence-corrected chi connectivity index (χ4v) is 1.87. The predicted octanol–water partition coefficient (Wildman–Crippen LogP) is -0.268. The van der Waals surface area contributed by atoms with Gasteiger partial charge in [0.25, 0.3) is 0 Å². The molecule has 20 heavy (non-hydrogen) atoms. The summed E-state index contributed by atoms with van der Waals surface area (Å²) in [5, 5.41) is 2.46. The molecule has 1 saturated heterocycles. The highest BCUT2D eigenvalue weighted by molar-refractivity contribution is 5.83. The minimum atomic E-state index is -0.532. The van der Waals surface area contributed by atoms with Crippen LogP contribution < -0.4 is 10.1 Å². The molecular weight excluding hydrogens is 267 g/mol. The number of hydrogen-bond donors (Lipinski definition) is 1. The Morgan fingerprint density at radius 3 is 2.85 bits per heavy atom. The third-order valence-corrected chi connectivity index (χ3v) is 2.85. The third kappa shape index (κ3) is 3.87. The van der Waals surface area contributed by atoms with Gasteiger partial charge in [0.05, 0.1) is 25.5 Å². The van der Waals surface area contributed by atoms with Gasteiger partial charge in [0.1, 0.15) is 6.10 Å². The summed E-state index contributed by atoms with van der Waals surface area (Å²) in [4.78, 5) is 31.5. The predicted molar refractivity (Wildman–Crippen MR) is 66.3 cm³/mol. The molecule has 1 aliphatic heterocycles. The molecule has 1 aromatic rings. The van der Waals surface area contributed by atoms with Crippen molar-refractivity contribution in [2.45, 2.75) is 19.4 Å². The highest BCUT2D eigenvalue weighted by Crippen LogP contribution is 2.14. The fourth-order valence-electron chi connectivity index (χ4n) is 1.87. The highest BCUT2D eigenvalue weighted by Gasteiger charge is 2.28. The first kappa shape index (κ1) is 14.2. The average Bonchev–Trinajstić information content (AvgIpc) is 2.87. The average molecular weight is 282 g/mol. The number of amides is 2. The Labute approximate surface area is 115 Å². The molecule has 2 amide bonds. The molecule has 0 unspecified atom stereocenters. The van der Waals surface area contributed by atoms with Gasteiger partial charge in [0.15, 0.2) is 5.82 Å². The second kappa shape index (κ2) is 6.27. The van der Waals surface area contributed by atoms with Crippen LogP contribution in [0.5, 0.6) is 6.01 Å². The number of carbonyl (C=O) groups is 2. The number of nitrogens with one attached hydrogen (secondary N) is 1. The summed E-state index contributed by atoms with van der Waals surface area (Å²) >= 11 is 0. The van der Waals surface area contributed by atoms with E-state index in [4.69, 9.17) is 4.74 Å². The maximum Gasteiger partial charge on any atom is 0.316 e. The fraction of sp³-hybridized carbons (Fsp3) is 0.500. The maximum absolute atomic E-state index is 12.7. The summed E-state index contributed by atoms with van der Waals surface area (Å²) < 4.78 is 18.1. The van der Waals surface area contributed by atoms with Crippen molar-refractivity contribution in [3.8, 4) is 6.01 Å². The molecule has 2 heterocycles. The topological polar surface area (TPSA) is 84.4 Å². The third-order valence-electron chi connectivity index (χ3n) is 2.85. The first-order valence-electron chi connectivity index (χ1n) is 6.21. The van der Waals surface area contributed by atoms with Gasteiger partial charge in [-0.05, 0) is 0 Å². The highest BCUT2D eigenvalue weighted by atomic mass is 19.1. The van der Waals surface area contributed by atoms with Gasteiger partial charge in [-0.15, -0.1) is 0 Å². The molecule has 1 aromatic heterocycles. The number of nitrogens with zero attached hydrogens (tertiary/aromatic N) is 3. The molecule has 1 aliphatic rings. The monoisotopic (exact) mass is 282 g/mol. The van der Waals surface area contributed by atoms with Gasteiger partial charge in [-0.3, -0.25) is 9.59 Å². The summed E-state index contributed by atoms with van der Waals surface area (Å²) in [5.74, 6) is -0.938. The zero-order valence-corrected chi connectivity index (χ0v) is 11.0. The van der Waals surface area contributed by atoms with Crippen molar-refractivity contribution in [3.63, 3.8) is 0 Å². The van der Waals surface area contributed by atoms with E-state index in [0.717, 1.165) is 12.4 Å². The Hall–Kier alpha value is -2.25. The molecule has 7 nitrogen and oxygen atoms in total. The van der Waals surface area contributed by atoms with Crippen LogP contribution >= 0.6 is 0 Å². The van der Waals surface area contributed by atoms with E-state index >= 15 is 0 Å². The van der Waals surface area contributed by atoms with Crippen molar-refractivity contribution >= 4 is 11.8 Å². The van der Waals surface area contributed by atoms with Crippen LogP contribution in [0.3, 0.4) is 0 Å². The van der Waals surface area contributed by atoms with Gasteiger partial charge in [0.2, 0.25) is 11.8 Å². The summed E-state index contributed by atoms with van der Waals surface area (Å²) in [5.41, 5.74) is 0. The van der Waals surface area contributed by atoms with Crippen LogP contribution in [0.2, 0.25) is 0 Å². The lowest BCUT2D eigenvalue weighted by molar-refractivity contribution is -0.131. The van der Waals surface area contributed by atoms with E-state index in [9.17, 15) is 14.0 Å². The van der Waals surface area contributed by atoms with Gasteiger partial charge in [0, 0.05) is 19.9 Å². The van der Waals surface area contributed by atoms with Gasteiger partial charge in [-0.25, -0.2) is 14.4 Å². The Morgan fingerprint density at radius 1 is 1.50 bits per heavy atom. The molecule has 1 atom stereocenters. The number of likely N-dealkylation sites (tertiary alicyclic amines) is 1. The molecule has 0 radical (unpaired) electrons. The quantitative estimate of drug-likeness (QED) is 0.822. The van der Waals surface area contributed by atoms with Crippen LogP contribution in [0.1, 0.15) is 13.3 Å². The molecular formula is C12H15FN4O3. The van der Waals surface area contributed by atoms with E-state index < -0.39 is 5.82 Å². The van der Waals surface area contributed by atoms with E-state index in [0.29, 0.717) is 19.5 Å². The normalized spacial score (nSPS) is 17.9. The summed E-state index contributed by atoms with van der Waals surface area (Å²) in [6.07, 6.45) is 2.47. The molecule has 0 aromatic carbocycles. The number of rotatable bonds is 4. The van der Waals surface area contributed by atoms with Crippen molar-refractivity contribution in [2.24, 2.45) is 0 Å². The number of halogens is 1. The first-order chi connectivity index (χ1) is 9.54. The minimum absolute atomic E-state index is 0.0187. The Bertz CT molecular complexity index is 494. The second-order valence-corrected chi connectivity index (χ2v) is 4.46. The van der Waals surface area contributed by atoms with Gasteiger partial charge >= 0.3 is 6.01 Å². The summed E-state index contributed by atoms with van der Waals surface area (Å²) in [6, 6.07) is 0.0903. The molecule has 0 saturated carbocycles. The zero-order chi connectivity index (χ0) is 14.5. The molecule has 0 spiro atoms. The lowest BCUT2D eigenvalue weighted by Gasteiger charge is -2.16. The number of carbonyl (C=O) groups excluding carboxylic acids is 2.